The van der Waals surface area contributed by atoms with E-state index in [9.17, 15) is 4.79 Å². The van der Waals surface area contributed by atoms with Crippen molar-refractivity contribution in [1.29, 1.82) is 0 Å². The second kappa shape index (κ2) is 4.24. The number of rotatable bonds is 3. The van der Waals surface area contributed by atoms with Gasteiger partial charge in [-0.2, -0.15) is 0 Å². The smallest absolute Gasteiger partial charge is 0.207 e. The predicted molar refractivity (Wildman–Crippen MR) is 36.7 cm³/mol. The predicted octanol–water partition coefficient (Wildman–Crippen LogP) is -1.28. The fraction of sp³-hybridized carbons (Fsp3) is 0.833. The number of hydrogen-bond acceptors (Lipinski definition) is 3. The number of morpholine rings is 1. The van der Waals surface area contributed by atoms with E-state index in [-0.39, 0.29) is 0 Å². The van der Waals surface area contributed by atoms with Crippen LogP contribution in [0.15, 0.2) is 0 Å². The molecule has 1 heterocycles. The minimum Gasteiger partial charge on any atom is -0.378 e. The normalized spacial score (nSPS) is 25.8. The highest BCUT2D eigenvalue weighted by molar-refractivity contribution is 5.45. The van der Waals surface area contributed by atoms with Crippen LogP contribution in [0, 0.1) is 0 Å². The molecule has 1 unspecified atom stereocenters. The molecule has 58 valence electrons. The zero-order chi connectivity index (χ0) is 7.23. The van der Waals surface area contributed by atoms with Crippen molar-refractivity contribution in [3.8, 4) is 0 Å². The van der Waals surface area contributed by atoms with Crippen LogP contribution >= 0.6 is 0 Å². The number of carbonyl (C=O) groups is 1. The van der Waals surface area contributed by atoms with Crippen LogP contribution in [0.3, 0.4) is 0 Å². The second-order valence-corrected chi connectivity index (χ2v) is 2.25. The van der Waals surface area contributed by atoms with E-state index in [2.05, 4.69) is 10.6 Å². The zero-order valence-corrected chi connectivity index (χ0v) is 5.80. The first-order valence-corrected chi connectivity index (χ1v) is 3.41. The molecular weight excluding hydrogens is 132 g/mol. The van der Waals surface area contributed by atoms with Gasteiger partial charge in [0.25, 0.3) is 0 Å². The molecule has 0 spiro atoms. The molecule has 1 rings (SSSR count). The lowest BCUT2D eigenvalue weighted by Crippen LogP contribution is -2.46. The maximum Gasteiger partial charge on any atom is 0.207 e. The summed E-state index contributed by atoms with van der Waals surface area (Å²) < 4.78 is 5.16. The van der Waals surface area contributed by atoms with E-state index in [1.54, 1.807) is 0 Å². The summed E-state index contributed by atoms with van der Waals surface area (Å²) in [6.45, 7) is 3.01. The van der Waals surface area contributed by atoms with Crippen molar-refractivity contribution in [1.82, 2.24) is 10.6 Å². The standard InChI is InChI=1S/C6H12N2O2/c9-5-7-3-6-4-10-2-1-8-6/h5-6,8H,1-4H2,(H,7,9). The lowest BCUT2D eigenvalue weighted by atomic mass is 10.3. The summed E-state index contributed by atoms with van der Waals surface area (Å²) in [6, 6.07) is 0.291. The summed E-state index contributed by atoms with van der Waals surface area (Å²) in [7, 11) is 0. The molecule has 4 heteroatoms. The summed E-state index contributed by atoms with van der Waals surface area (Å²) in [5.74, 6) is 0. The van der Waals surface area contributed by atoms with Gasteiger partial charge in [0.1, 0.15) is 0 Å². The van der Waals surface area contributed by atoms with Crippen LogP contribution in [0.1, 0.15) is 0 Å². The van der Waals surface area contributed by atoms with Gasteiger partial charge in [0.15, 0.2) is 0 Å². The topological polar surface area (TPSA) is 50.4 Å². The van der Waals surface area contributed by atoms with Crippen molar-refractivity contribution in [2.75, 3.05) is 26.3 Å². The molecule has 10 heavy (non-hydrogen) atoms. The van der Waals surface area contributed by atoms with E-state index in [0.29, 0.717) is 25.6 Å². The molecule has 1 aliphatic rings. The van der Waals surface area contributed by atoms with E-state index in [1.165, 1.54) is 0 Å². The van der Waals surface area contributed by atoms with E-state index < -0.39 is 0 Å². The zero-order valence-electron chi connectivity index (χ0n) is 5.80. The van der Waals surface area contributed by atoms with Crippen molar-refractivity contribution in [2.45, 2.75) is 6.04 Å². The minimum atomic E-state index is 0.291. The summed E-state index contributed by atoms with van der Waals surface area (Å²) in [5.41, 5.74) is 0. The van der Waals surface area contributed by atoms with Gasteiger partial charge in [0, 0.05) is 19.1 Å². The van der Waals surface area contributed by atoms with E-state index in [0.717, 1.165) is 13.2 Å². The third kappa shape index (κ3) is 2.33. The van der Waals surface area contributed by atoms with Gasteiger partial charge in [-0.15, -0.1) is 0 Å². The first-order chi connectivity index (χ1) is 4.93. The Labute approximate surface area is 59.9 Å². The Hall–Kier alpha value is -0.610. The minimum absolute atomic E-state index is 0.291. The molecule has 1 atom stereocenters. The van der Waals surface area contributed by atoms with Crippen LogP contribution in [-0.4, -0.2) is 38.8 Å². The Balaban J connectivity index is 2.07. The van der Waals surface area contributed by atoms with Gasteiger partial charge in [-0.3, -0.25) is 4.79 Å². The van der Waals surface area contributed by atoms with Gasteiger partial charge in [-0.05, 0) is 0 Å². The van der Waals surface area contributed by atoms with Gasteiger partial charge in [0.05, 0.1) is 13.2 Å². The average Bonchev–Trinajstić information content (AvgIpc) is 2.03. The number of hydrogen-bond donors (Lipinski definition) is 2. The van der Waals surface area contributed by atoms with Crippen LogP contribution in [-0.2, 0) is 9.53 Å². The summed E-state index contributed by atoms with van der Waals surface area (Å²) in [5, 5.41) is 5.80. The van der Waals surface area contributed by atoms with Crippen LogP contribution in [0.25, 0.3) is 0 Å². The van der Waals surface area contributed by atoms with Crippen molar-refractivity contribution in [2.24, 2.45) is 0 Å². The molecule has 0 aromatic heterocycles. The third-order valence-corrected chi connectivity index (χ3v) is 1.45. The van der Waals surface area contributed by atoms with Crippen molar-refractivity contribution < 1.29 is 9.53 Å². The molecule has 0 aromatic carbocycles. The van der Waals surface area contributed by atoms with Crippen LogP contribution in [0.4, 0.5) is 0 Å². The average molecular weight is 144 g/mol. The molecule has 4 nitrogen and oxygen atoms in total. The summed E-state index contributed by atoms with van der Waals surface area (Å²) in [6.07, 6.45) is 0.705. The Morgan fingerprint density at radius 2 is 2.70 bits per heavy atom. The largest absolute Gasteiger partial charge is 0.378 e. The highest BCUT2D eigenvalue weighted by Crippen LogP contribution is 1.89. The lowest BCUT2D eigenvalue weighted by Gasteiger charge is -2.22. The van der Waals surface area contributed by atoms with Gasteiger partial charge >= 0.3 is 0 Å². The molecule has 1 fully saturated rings. The van der Waals surface area contributed by atoms with Crippen molar-refractivity contribution in [3.63, 3.8) is 0 Å². The fourth-order valence-corrected chi connectivity index (χ4v) is 0.941. The Kier molecular flexibility index (Phi) is 3.18. The summed E-state index contributed by atoms with van der Waals surface area (Å²) in [4.78, 5) is 9.87. The lowest BCUT2D eigenvalue weighted by molar-refractivity contribution is -0.109. The van der Waals surface area contributed by atoms with E-state index in [1.807, 2.05) is 0 Å². The first kappa shape index (κ1) is 7.50. The fourth-order valence-electron chi connectivity index (χ4n) is 0.941. The molecule has 1 saturated heterocycles. The SMILES string of the molecule is O=CNCC1COCCN1. The molecule has 0 bridgehead atoms. The van der Waals surface area contributed by atoms with Crippen molar-refractivity contribution in [3.05, 3.63) is 0 Å². The quantitative estimate of drug-likeness (QED) is 0.485. The van der Waals surface area contributed by atoms with E-state index in [4.69, 9.17) is 4.74 Å². The van der Waals surface area contributed by atoms with Crippen LogP contribution < -0.4 is 10.6 Å². The maximum absolute atomic E-state index is 9.87. The van der Waals surface area contributed by atoms with Crippen molar-refractivity contribution >= 4 is 6.41 Å². The Morgan fingerprint density at radius 3 is 3.30 bits per heavy atom. The molecule has 2 N–H and O–H groups in total. The van der Waals surface area contributed by atoms with Crippen LogP contribution in [0.2, 0.25) is 0 Å². The second-order valence-electron chi connectivity index (χ2n) is 2.25. The number of nitrogens with one attached hydrogen (secondary N) is 2. The third-order valence-electron chi connectivity index (χ3n) is 1.45. The highest BCUT2D eigenvalue weighted by Gasteiger charge is 2.10. The molecule has 0 aliphatic carbocycles. The monoisotopic (exact) mass is 144 g/mol. The Bertz CT molecular complexity index is 102. The molecular formula is C6H12N2O2. The molecule has 0 aromatic rings. The molecule has 1 amide bonds. The highest BCUT2D eigenvalue weighted by atomic mass is 16.5. The molecule has 0 radical (unpaired) electrons. The van der Waals surface area contributed by atoms with Gasteiger partial charge < -0.3 is 15.4 Å². The molecule has 0 saturated carbocycles. The first-order valence-electron chi connectivity index (χ1n) is 3.41. The van der Waals surface area contributed by atoms with Gasteiger partial charge in [-0.25, -0.2) is 0 Å². The van der Waals surface area contributed by atoms with Gasteiger partial charge in [-0.1, -0.05) is 0 Å². The number of ether oxygens (including phenoxy) is 1. The summed E-state index contributed by atoms with van der Waals surface area (Å²) >= 11 is 0. The maximum atomic E-state index is 9.87. The van der Waals surface area contributed by atoms with Crippen LogP contribution in [0.5, 0.6) is 0 Å². The molecule has 1 aliphatic heterocycles. The van der Waals surface area contributed by atoms with E-state index >= 15 is 0 Å². The number of amides is 1. The number of carbonyl (C=O) groups excluding carboxylic acids is 1. The van der Waals surface area contributed by atoms with Gasteiger partial charge in [0.2, 0.25) is 6.41 Å². The Morgan fingerprint density at radius 1 is 1.80 bits per heavy atom.